The van der Waals surface area contributed by atoms with E-state index in [-0.39, 0.29) is 6.61 Å². The molecule has 1 aliphatic rings. The number of aliphatic hydroxyl groups excluding tert-OH is 1. The molecule has 1 rings (SSSR count). The van der Waals surface area contributed by atoms with Crippen LogP contribution in [0, 0.1) is 0 Å². The van der Waals surface area contributed by atoms with Gasteiger partial charge < -0.3 is 5.11 Å². The fourth-order valence-electron chi connectivity index (χ4n) is 2.02. The van der Waals surface area contributed by atoms with Crippen molar-refractivity contribution < 1.29 is 10.2 Å². The molecule has 1 radical (unpaired) electrons. The third-order valence-electron chi connectivity index (χ3n) is 2.62. The number of hydrogen-bond donors (Lipinski definition) is 1. The van der Waals surface area contributed by atoms with Gasteiger partial charge in [-0.25, -0.2) is 5.11 Å². The maximum Gasteiger partial charge on any atom is 0.104 e. The Bertz CT molecular complexity index is 122. The molecular formula is C9H18NO2. The van der Waals surface area contributed by atoms with Crippen molar-refractivity contribution in [1.29, 1.82) is 0 Å². The van der Waals surface area contributed by atoms with Crippen molar-refractivity contribution in [3.8, 4) is 0 Å². The number of aliphatic hydroxyl groups is 1. The molecule has 0 aromatic heterocycles. The molecule has 0 saturated heterocycles. The molecule has 1 unspecified atom stereocenters. The highest BCUT2D eigenvalue weighted by molar-refractivity contribution is 4.77. The van der Waals surface area contributed by atoms with Crippen LogP contribution in [0.3, 0.4) is 0 Å². The second-order valence-corrected chi connectivity index (χ2v) is 3.51. The van der Waals surface area contributed by atoms with Gasteiger partial charge in [0.05, 0.1) is 6.61 Å². The van der Waals surface area contributed by atoms with Crippen molar-refractivity contribution in [3.63, 3.8) is 0 Å². The first kappa shape index (κ1) is 9.96. The Hall–Kier alpha value is -0.120. The summed E-state index contributed by atoms with van der Waals surface area (Å²) in [5, 5.41) is 19.8. The van der Waals surface area contributed by atoms with Crippen LogP contribution in [0.25, 0.3) is 0 Å². The van der Waals surface area contributed by atoms with Gasteiger partial charge in [0, 0.05) is 12.6 Å². The van der Waals surface area contributed by atoms with Crippen molar-refractivity contribution >= 4 is 0 Å². The number of nitrogens with zero attached hydrogens (tertiary/aromatic N) is 1. The van der Waals surface area contributed by atoms with Crippen LogP contribution in [0.5, 0.6) is 0 Å². The first-order valence-electron chi connectivity index (χ1n) is 4.77. The van der Waals surface area contributed by atoms with E-state index in [1.807, 2.05) is 4.90 Å². The Kier molecular flexibility index (Phi) is 3.98. The van der Waals surface area contributed by atoms with Gasteiger partial charge in [0.2, 0.25) is 0 Å². The molecule has 0 aromatic rings. The van der Waals surface area contributed by atoms with Gasteiger partial charge in [-0.05, 0) is 19.8 Å². The number of hydrogen-bond acceptors (Lipinski definition) is 2. The molecule has 1 aliphatic carbocycles. The largest absolute Gasteiger partial charge is 0.379 e. The zero-order chi connectivity index (χ0) is 8.97. The van der Waals surface area contributed by atoms with Gasteiger partial charge in [-0.2, -0.15) is 0 Å². The molecule has 1 N–H and O–H groups in total. The monoisotopic (exact) mass is 172 g/mol. The van der Waals surface area contributed by atoms with E-state index in [2.05, 4.69) is 0 Å². The lowest BCUT2D eigenvalue weighted by atomic mass is 10.2. The van der Waals surface area contributed by atoms with E-state index in [1.165, 1.54) is 12.8 Å². The fraction of sp³-hybridized carbons (Fsp3) is 1.00. The molecule has 3 heteroatoms. The minimum Gasteiger partial charge on any atom is -0.379 e. The van der Waals surface area contributed by atoms with Crippen molar-refractivity contribution in [2.24, 2.45) is 0 Å². The summed E-state index contributed by atoms with van der Waals surface area (Å²) in [6.45, 7) is 2.12. The summed E-state index contributed by atoms with van der Waals surface area (Å²) in [7, 11) is 0. The molecule has 12 heavy (non-hydrogen) atoms. The predicted octanol–water partition coefficient (Wildman–Crippen LogP) is 1.000. The normalized spacial score (nSPS) is 22.0. The van der Waals surface area contributed by atoms with Gasteiger partial charge in [-0.15, -0.1) is 0 Å². The Labute approximate surface area is 74.0 Å². The van der Waals surface area contributed by atoms with E-state index in [4.69, 9.17) is 0 Å². The van der Waals surface area contributed by atoms with Crippen molar-refractivity contribution in [2.45, 2.75) is 44.9 Å². The van der Waals surface area contributed by atoms with Gasteiger partial charge in [-0.3, -0.25) is 4.90 Å². The average Bonchev–Trinajstić information content (AvgIpc) is 2.51. The molecule has 1 atom stereocenters. The SMILES string of the molecule is CC(O)N(CC[O])C1CCCC1. The van der Waals surface area contributed by atoms with Crippen LogP contribution in [0.1, 0.15) is 32.6 Å². The summed E-state index contributed by atoms with van der Waals surface area (Å²) in [4.78, 5) is 1.93. The van der Waals surface area contributed by atoms with E-state index in [9.17, 15) is 10.2 Å². The van der Waals surface area contributed by atoms with Crippen LogP contribution in [-0.4, -0.2) is 35.4 Å². The zero-order valence-corrected chi connectivity index (χ0v) is 7.70. The van der Waals surface area contributed by atoms with E-state index < -0.39 is 6.23 Å². The Morgan fingerprint density at radius 1 is 1.50 bits per heavy atom. The first-order chi connectivity index (χ1) is 5.75. The minimum atomic E-state index is -0.456. The third-order valence-corrected chi connectivity index (χ3v) is 2.62. The second kappa shape index (κ2) is 4.80. The molecule has 0 bridgehead atoms. The van der Waals surface area contributed by atoms with Crippen LogP contribution in [0.15, 0.2) is 0 Å². The highest BCUT2D eigenvalue weighted by Crippen LogP contribution is 2.24. The Balaban J connectivity index is 2.40. The van der Waals surface area contributed by atoms with Crippen molar-refractivity contribution in [3.05, 3.63) is 0 Å². The van der Waals surface area contributed by atoms with E-state index in [0.717, 1.165) is 12.8 Å². The van der Waals surface area contributed by atoms with Crippen LogP contribution >= 0.6 is 0 Å². The highest BCUT2D eigenvalue weighted by atomic mass is 16.3. The van der Waals surface area contributed by atoms with Gasteiger partial charge in [0.15, 0.2) is 0 Å². The van der Waals surface area contributed by atoms with Crippen molar-refractivity contribution in [2.75, 3.05) is 13.2 Å². The average molecular weight is 172 g/mol. The number of rotatable bonds is 4. The molecular weight excluding hydrogens is 154 g/mol. The van der Waals surface area contributed by atoms with Crippen molar-refractivity contribution in [1.82, 2.24) is 4.90 Å². The molecule has 1 fully saturated rings. The van der Waals surface area contributed by atoms with Gasteiger partial charge in [-0.1, -0.05) is 12.8 Å². The maximum atomic E-state index is 10.4. The lowest BCUT2D eigenvalue weighted by Crippen LogP contribution is -2.41. The van der Waals surface area contributed by atoms with Crippen LogP contribution in [0.2, 0.25) is 0 Å². The summed E-state index contributed by atoms with van der Waals surface area (Å²) in [5.41, 5.74) is 0. The quantitative estimate of drug-likeness (QED) is 0.643. The predicted molar refractivity (Wildman–Crippen MR) is 46.2 cm³/mol. The lowest BCUT2D eigenvalue weighted by molar-refractivity contribution is -0.0256. The lowest BCUT2D eigenvalue weighted by Gasteiger charge is -2.30. The molecule has 0 heterocycles. The maximum absolute atomic E-state index is 10.4. The molecule has 3 nitrogen and oxygen atoms in total. The summed E-state index contributed by atoms with van der Waals surface area (Å²) < 4.78 is 0. The van der Waals surface area contributed by atoms with Crippen LogP contribution in [0.4, 0.5) is 0 Å². The van der Waals surface area contributed by atoms with E-state index >= 15 is 0 Å². The van der Waals surface area contributed by atoms with E-state index in [1.54, 1.807) is 6.92 Å². The molecule has 1 saturated carbocycles. The standard InChI is InChI=1S/C9H18NO2/c1-8(12)10(6-7-11)9-4-2-3-5-9/h8-9,12H,2-7H2,1H3. The smallest absolute Gasteiger partial charge is 0.104 e. The summed E-state index contributed by atoms with van der Waals surface area (Å²) in [6, 6.07) is 0.457. The summed E-state index contributed by atoms with van der Waals surface area (Å²) in [5.74, 6) is 0. The van der Waals surface area contributed by atoms with Crippen LogP contribution in [-0.2, 0) is 5.11 Å². The zero-order valence-electron chi connectivity index (χ0n) is 7.70. The van der Waals surface area contributed by atoms with Gasteiger partial charge >= 0.3 is 0 Å². The Morgan fingerprint density at radius 2 is 2.08 bits per heavy atom. The summed E-state index contributed by atoms with van der Waals surface area (Å²) >= 11 is 0. The Morgan fingerprint density at radius 3 is 2.50 bits per heavy atom. The minimum absolute atomic E-state index is 0.110. The molecule has 0 amide bonds. The molecule has 0 aromatic carbocycles. The van der Waals surface area contributed by atoms with Gasteiger partial charge in [0.25, 0.3) is 0 Å². The van der Waals surface area contributed by atoms with E-state index in [0.29, 0.717) is 12.6 Å². The topological polar surface area (TPSA) is 43.4 Å². The molecule has 0 aliphatic heterocycles. The molecule has 71 valence electrons. The molecule has 0 spiro atoms. The van der Waals surface area contributed by atoms with Crippen LogP contribution < -0.4 is 0 Å². The fourth-order valence-corrected chi connectivity index (χ4v) is 2.02. The summed E-state index contributed by atoms with van der Waals surface area (Å²) in [6.07, 6.45) is 4.32. The third kappa shape index (κ3) is 2.44. The second-order valence-electron chi connectivity index (χ2n) is 3.51. The first-order valence-corrected chi connectivity index (χ1v) is 4.77. The highest BCUT2D eigenvalue weighted by Gasteiger charge is 2.24. The van der Waals surface area contributed by atoms with Gasteiger partial charge in [0.1, 0.15) is 6.23 Å².